The summed E-state index contributed by atoms with van der Waals surface area (Å²) < 4.78 is 6.40. The molecular formula is C23H22N2O. The molecule has 5 rings (SSSR count). The largest absolute Gasteiger partial charge is 0.454 e. The van der Waals surface area contributed by atoms with Crippen molar-refractivity contribution in [3.8, 4) is 0 Å². The Labute approximate surface area is 153 Å². The minimum atomic E-state index is 0.228. The van der Waals surface area contributed by atoms with Gasteiger partial charge < -0.3 is 14.2 Å². The summed E-state index contributed by atoms with van der Waals surface area (Å²) in [6.07, 6.45) is 0.228. The van der Waals surface area contributed by atoms with Crippen molar-refractivity contribution < 1.29 is 4.42 Å². The van der Waals surface area contributed by atoms with Crippen LogP contribution in [0.5, 0.6) is 0 Å². The third kappa shape index (κ3) is 1.94. The maximum Gasteiger partial charge on any atom is 0.159 e. The highest BCUT2D eigenvalue weighted by atomic mass is 16.3. The number of hydrogen-bond donors (Lipinski definition) is 0. The van der Waals surface area contributed by atoms with Gasteiger partial charge >= 0.3 is 0 Å². The molecule has 1 aromatic heterocycles. The number of fused-ring (bicyclic) bond motifs is 4. The second kappa shape index (κ2) is 5.28. The molecule has 4 aromatic rings. The number of nitrogens with zero attached hydrogens (tertiary/aromatic N) is 2. The predicted molar refractivity (Wildman–Crippen MR) is 110 cm³/mol. The number of para-hydroxylation sites is 2. The van der Waals surface area contributed by atoms with E-state index in [-0.39, 0.29) is 6.17 Å². The molecule has 0 spiro atoms. The third-order valence-corrected chi connectivity index (χ3v) is 5.67. The van der Waals surface area contributed by atoms with Gasteiger partial charge in [0.1, 0.15) is 11.7 Å². The Hall–Kier alpha value is -2.94. The quantitative estimate of drug-likeness (QED) is 0.414. The van der Waals surface area contributed by atoms with E-state index in [1.807, 2.05) is 0 Å². The van der Waals surface area contributed by atoms with Crippen LogP contribution in [-0.4, -0.2) is 13.2 Å². The summed E-state index contributed by atoms with van der Waals surface area (Å²) in [5, 5.41) is 2.36. The smallest absolute Gasteiger partial charge is 0.159 e. The summed E-state index contributed by atoms with van der Waals surface area (Å²) >= 11 is 0. The maximum atomic E-state index is 6.40. The predicted octanol–water partition coefficient (Wildman–Crippen LogP) is 6.14. The van der Waals surface area contributed by atoms with Crippen LogP contribution in [0.2, 0.25) is 0 Å². The first-order valence-electron chi connectivity index (χ1n) is 9.10. The van der Waals surface area contributed by atoms with E-state index in [1.54, 1.807) is 0 Å². The molecule has 0 radical (unpaired) electrons. The van der Waals surface area contributed by atoms with Crippen LogP contribution in [0, 0.1) is 13.8 Å². The molecule has 3 heteroatoms. The second-order valence-electron chi connectivity index (χ2n) is 7.31. The van der Waals surface area contributed by atoms with Crippen molar-refractivity contribution in [1.29, 1.82) is 0 Å². The van der Waals surface area contributed by atoms with Gasteiger partial charge in [-0.1, -0.05) is 36.4 Å². The fourth-order valence-electron chi connectivity index (χ4n) is 4.18. The van der Waals surface area contributed by atoms with E-state index in [1.165, 1.54) is 39.0 Å². The maximum absolute atomic E-state index is 6.40. The number of anilines is 3. The average Bonchev–Trinajstić information content (AvgIpc) is 3.11. The van der Waals surface area contributed by atoms with Gasteiger partial charge in [0.05, 0.1) is 17.1 Å². The first-order chi connectivity index (χ1) is 12.6. The molecule has 1 unspecified atom stereocenters. The molecule has 3 nitrogen and oxygen atoms in total. The van der Waals surface area contributed by atoms with Crippen molar-refractivity contribution in [2.45, 2.75) is 26.9 Å². The van der Waals surface area contributed by atoms with Crippen molar-refractivity contribution in [3.63, 3.8) is 0 Å². The Morgan fingerprint density at radius 3 is 2.42 bits per heavy atom. The van der Waals surface area contributed by atoms with Crippen molar-refractivity contribution in [2.75, 3.05) is 16.8 Å². The molecule has 1 aliphatic rings. The molecule has 1 aliphatic heterocycles. The van der Waals surface area contributed by atoms with E-state index in [9.17, 15) is 0 Å². The number of aryl methyl sites for hydroxylation is 2. The van der Waals surface area contributed by atoms with Gasteiger partial charge in [0, 0.05) is 17.8 Å². The molecule has 26 heavy (non-hydrogen) atoms. The number of benzene rings is 3. The fourth-order valence-corrected chi connectivity index (χ4v) is 4.18. The number of rotatable bonds is 1. The van der Waals surface area contributed by atoms with Gasteiger partial charge in [0.25, 0.3) is 0 Å². The van der Waals surface area contributed by atoms with E-state index in [0.29, 0.717) is 0 Å². The minimum absolute atomic E-state index is 0.228. The van der Waals surface area contributed by atoms with Gasteiger partial charge in [-0.15, -0.1) is 0 Å². The van der Waals surface area contributed by atoms with Crippen LogP contribution in [0.25, 0.3) is 21.9 Å². The molecule has 0 bridgehead atoms. The molecule has 0 saturated heterocycles. The van der Waals surface area contributed by atoms with Gasteiger partial charge in [0.2, 0.25) is 0 Å². The first-order valence-corrected chi connectivity index (χ1v) is 9.10. The van der Waals surface area contributed by atoms with Crippen LogP contribution in [0.3, 0.4) is 0 Å². The standard InChI is InChI=1S/C23H22N2O/c1-14-9-11-17-18-12-10-15(2)22(23(18)26-21(17)13-14)25-16(3)24(4)19-7-5-6-8-20(19)25/h5-13,16H,1-4H3. The molecule has 0 fully saturated rings. The molecule has 1 atom stereocenters. The Bertz CT molecular complexity index is 1160. The molecular weight excluding hydrogens is 320 g/mol. The molecule has 0 amide bonds. The zero-order valence-electron chi connectivity index (χ0n) is 15.6. The van der Waals surface area contributed by atoms with E-state index in [0.717, 1.165) is 11.2 Å². The zero-order chi connectivity index (χ0) is 18.0. The summed E-state index contributed by atoms with van der Waals surface area (Å²) in [4.78, 5) is 4.72. The van der Waals surface area contributed by atoms with E-state index >= 15 is 0 Å². The molecule has 2 heterocycles. The Kier molecular flexibility index (Phi) is 3.11. The summed E-state index contributed by atoms with van der Waals surface area (Å²) in [6.45, 7) is 6.51. The third-order valence-electron chi connectivity index (χ3n) is 5.67. The zero-order valence-corrected chi connectivity index (χ0v) is 15.6. The Balaban J connectivity index is 1.84. The van der Waals surface area contributed by atoms with Gasteiger partial charge in [-0.05, 0) is 50.1 Å². The van der Waals surface area contributed by atoms with Crippen LogP contribution in [0.4, 0.5) is 17.1 Å². The molecule has 0 N–H and O–H groups in total. The van der Waals surface area contributed by atoms with Gasteiger partial charge in [0.15, 0.2) is 5.58 Å². The minimum Gasteiger partial charge on any atom is -0.454 e. The lowest BCUT2D eigenvalue weighted by Crippen LogP contribution is -2.36. The van der Waals surface area contributed by atoms with Crippen molar-refractivity contribution in [3.05, 3.63) is 65.7 Å². The average molecular weight is 342 g/mol. The Morgan fingerprint density at radius 2 is 1.62 bits per heavy atom. The summed E-state index contributed by atoms with van der Waals surface area (Å²) in [7, 11) is 2.15. The summed E-state index contributed by atoms with van der Waals surface area (Å²) in [6, 6.07) is 19.4. The van der Waals surface area contributed by atoms with E-state index in [4.69, 9.17) is 4.42 Å². The number of furan rings is 1. The van der Waals surface area contributed by atoms with E-state index in [2.05, 4.69) is 92.2 Å². The molecule has 3 aromatic carbocycles. The fraction of sp³-hybridized carbons (Fsp3) is 0.217. The highest BCUT2D eigenvalue weighted by Gasteiger charge is 2.33. The second-order valence-corrected chi connectivity index (χ2v) is 7.31. The molecule has 0 aliphatic carbocycles. The monoisotopic (exact) mass is 342 g/mol. The normalized spacial score (nSPS) is 16.7. The number of hydrogen-bond acceptors (Lipinski definition) is 3. The van der Waals surface area contributed by atoms with Gasteiger partial charge in [-0.2, -0.15) is 0 Å². The first kappa shape index (κ1) is 15.3. The van der Waals surface area contributed by atoms with Gasteiger partial charge in [-0.25, -0.2) is 0 Å². The summed E-state index contributed by atoms with van der Waals surface area (Å²) in [5.41, 5.74) is 8.03. The van der Waals surface area contributed by atoms with Crippen molar-refractivity contribution >= 4 is 39.0 Å². The lowest BCUT2D eigenvalue weighted by molar-refractivity contribution is 0.661. The van der Waals surface area contributed by atoms with Crippen LogP contribution in [0.15, 0.2) is 59.0 Å². The molecule has 0 saturated carbocycles. The highest BCUT2D eigenvalue weighted by molar-refractivity contribution is 6.10. The lowest BCUT2D eigenvalue weighted by Gasteiger charge is -2.29. The van der Waals surface area contributed by atoms with Crippen LogP contribution in [0.1, 0.15) is 18.1 Å². The van der Waals surface area contributed by atoms with Crippen LogP contribution >= 0.6 is 0 Å². The van der Waals surface area contributed by atoms with Crippen LogP contribution < -0.4 is 9.80 Å². The Morgan fingerprint density at radius 1 is 0.885 bits per heavy atom. The summed E-state index contributed by atoms with van der Waals surface area (Å²) in [5.74, 6) is 0. The molecule has 130 valence electrons. The topological polar surface area (TPSA) is 19.6 Å². The SMILES string of the molecule is Cc1ccc2c(c1)oc1c(N3c4ccccc4N(C)C3C)c(C)ccc12. The van der Waals surface area contributed by atoms with Crippen LogP contribution in [-0.2, 0) is 0 Å². The van der Waals surface area contributed by atoms with E-state index < -0.39 is 0 Å². The van der Waals surface area contributed by atoms with Crippen molar-refractivity contribution in [1.82, 2.24) is 0 Å². The highest BCUT2D eigenvalue weighted by Crippen LogP contribution is 2.47. The van der Waals surface area contributed by atoms with Crippen molar-refractivity contribution in [2.24, 2.45) is 0 Å². The van der Waals surface area contributed by atoms with Gasteiger partial charge in [-0.3, -0.25) is 0 Å². The lowest BCUT2D eigenvalue weighted by atomic mass is 10.1.